The molecule has 0 saturated heterocycles. The molecule has 1 aromatic heterocycles. The molecule has 1 N–H and O–H groups in total. The minimum Gasteiger partial charge on any atom is -0.352 e. The smallest absolute Gasteiger partial charge is 0.240 e. The molecular formula is C19H26N2O2S. The molecule has 4 rings (SSSR count). The molecule has 24 heavy (non-hydrogen) atoms. The maximum Gasteiger partial charge on any atom is 0.240 e. The van der Waals surface area contributed by atoms with Crippen LogP contribution in [0.3, 0.4) is 0 Å². The fourth-order valence-electron chi connectivity index (χ4n) is 4.46. The van der Waals surface area contributed by atoms with Gasteiger partial charge in [0.2, 0.25) is 11.8 Å². The predicted octanol–water partition coefficient (Wildman–Crippen LogP) is 3.50. The molecular weight excluding hydrogens is 320 g/mol. The van der Waals surface area contributed by atoms with E-state index in [0.717, 1.165) is 30.9 Å². The van der Waals surface area contributed by atoms with Crippen LogP contribution in [0, 0.1) is 11.8 Å². The van der Waals surface area contributed by atoms with Crippen LogP contribution < -0.4 is 10.2 Å². The van der Waals surface area contributed by atoms with Gasteiger partial charge in [-0.3, -0.25) is 9.59 Å². The maximum atomic E-state index is 12.5. The third-order valence-corrected chi connectivity index (χ3v) is 6.82. The van der Waals surface area contributed by atoms with Gasteiger partial charge in [-0.25, -0.2) is 0 Å². The van der Waals surface area contributed by atoms with Crippen LogP contribution in [-0.2, 0) is 16.0 Å². The Kier molecular flexibility index (Phi) is 4.61. The molecule has 1 aliphatic heterocycles. The van der Waals surface area contributed by atoms with Crippen molar-refractivity contribution in [3.63, 3.8) is 0 Å². The lowest BCUT2D eigenvalue weighted by Crippen LogP contribution is -2.41. The van der Waals surface area contributed by atoms with Crippen molar-refractivity contribution in [1.82, 2.24) is 5.32 Å². The Morgan fingerprint density at radius 3 is 2.88 bits per heavy atom. The van der Waals surface area contributed by atoms with Crippen LogP contribution in [0.4, 0.5) is 5.69 Å². The van der Waals surface area contributed by atoms with Gasteiger partial charge in [0.1, 0.15) is 6.54 Å². The molecule has 0 unspecified atom stereocenters. The molecule has 3 aliphatic rings. The highest BCUT2D eigenvalue weighted by atomic mass is 32.1. The largest absolute Gasteiger partial charge is 0.352 e. The van der Waals surface area contributed by atoms with Gasteiger partial charge in [-0.05, 0) is 42.5 Å². The first-order chi connectivity index (χ1) is 11.7. The van der Waals surface area contributed by atoms with Crippen molar-refractivity contribution in [1.29, 1.82) is 0 Å². The highest BCUT2D eigenvalue weighted by molar-refractivity contribution is 7.10. The summed E-state index contributed by atoms with van der Waals surface area (Å²) in [6.45, 7) is 0.177. The number of fused-ring (bicyclic) bond motifs is 1. The van der Waals surface area contributed by atoms with Crippen molar-refractivity contribution in [2.75, 3.05) is 11.4 Å². The number of aryl methyl sites for hydroxylation is 1. The Balaban J connectivity index is 1.34. The maximum absolute atomic E-state index is 12.5. The van der Waals surface area contributed by atoms with Gasteiger partial charge in [-0.15, -0.1) is 11.3 Å². The zero-order valence-electron chi connectivity index (χ0n) is 14.1. The fourth-order valence-corrected chi connectivity index (χ4v) is 5.39. The summed E-state index contributed by atoms with van der Waals surface area (Å²) in [6, 6.07) is 2.34. The molecule has 5 heteroatoms. The lowest BCUT2D eigenvalue weighted by Gasteiger charge is -2.23. The molecule has 2 fully saturated rings. The van der Waals surface area contributed by atoms with Gasteiger partial charge in [0, 0.05) is 17.3 Å². The molecule has 2 amide bonds. The molecule has 1 aromatic rings. The van der Waals surface area contributed by atoms with Crippen LogP contribution in [0.25, 0.3) is 0 Å². The predicted molar refractivity (Wildman–Crippen MR) is 96.2 cm³/mol. The van der Waals surface area contributed by atoms with Crippen molar-refractivity contribution >= 4 is 28.8 Å². The van der Waals surface area contributed by atoms with Crippen LogP contribution >= 0.6 is 11.3 Å². The molecule has 130 valence electrons. The lowest BCUT2D eigenvalue weighted by atomic mass is 9.85. The van der Waals surface area contributed by atoms with Gasteiger partial charge in [0.05, 0.1) is 5.69 Å². The topological polar surface area (TPSA) is 49.4 Å². The van der Waals surface area contributed by atoms with E-state index in [1.165, 1.54) is 37.0 Å². The number of thiophene rings is 1. The molecule has 2 atom stereocenters. The van der Waals surface area contributed by atoms with Crippen molar-refractivity contribution in [2.45, 2.75) is 63.8 Å². The summed E-state index contributed by atoms with van der Waals surface area (Å²) in [5.74, 6) is 1.59. The summed E-state index contributed by atoms with van der Waals surface area (Å²) in [5.41, 5.74) is 0.956. The summed E-state index contributed by atoms with van der Waals surface area (Å²) in [5, 5.41) is 5.21. The molecule has 0 spiro atoms. The van der Waals surface area contributed by atoms with Gasteiger partial charge in [0.15, 0.2) is 0 Å². The van der Waals surface area contributed by atoms with Crippen molar-refractivity contribution < 1.29 is 9.59 Å². The van der Waals surface area contributed by atoms with Crippen LogP contribution in [-0.4, -0.2) is 24.4 Å². The standard InChI is InChI=1S/C19H26N2O2S/c22-18(20-15-11-14(15)13-5-2-1-3-6-13)12-21-16-9-10-24-17(16)7-4-8-19(21)23/h9-10,13-15H,1-8,11-12H2,(H,20,22)/t14-,15-/m0/s1. The Morgan fingerprint density at radius 2 is 2.04 bits per heavy atom. The average Bonchev–Trinajstić information content (AvgIpc) is 3.23. The summed E-state index contributed by atoms with van der Waals surface area (Å²) in [7, 11) is 0. The van der Waals surface area contributed by atoms with E-state index in [9.17, 15) is 9.59 Å². The molecule has 0 aromatic carbocycles. The lowest BCUT2D eigenvalue weighted by molar-refractivity contribution is -0.124. The van der Waals surface area contributed by atoms with E-state index in [2.05, 4.69) is 5.32 Å². The molecule has 0 radical (unpaired) electrons. The molecule has 0 bridgehead atoms. The van der Waals surface area contributed by atoms with E-state index in [1.54, 1.807) is 16.2 Å². The Bertz CT molecular complexity index is 621. The number of carbonyl (C=O) groups is 2. The van der Waals surface area contributed by atoms with Crippen molar-refractivity contribution in [3.8, 4) is 0 Å². The highest BCUT2D eigenvalue weighted by Crippen LogP contribution is 2.44. The minimum atomic E-state index is 0.00529. The number of rotatable bonds is 4. The van der Waals surface area contributed by atoms with Crippen LogP contribution in [0.1, 0.15) is 56.2 Å². The number of carbonyl (C=O) groups excluding carboxylic acids is 2. The number of amides is 2. The van der Waals surface area contributed by atoms with Gasteiger partial charge < -0.3 is 10.2 Å². The van der Waals surface area contributed by atoms with Crippen LogP contribution in [0.15, 0.2) is 11.4 Å². The third kappa shape index (κ3) is 3.37. The fraction of sp³-hybridized carbons (Fsp3) is 0.684. The van der Waals surface area contributed by atoms with Gasteiger partial charge >= 0.3 is 0 Å². The van der Waals surface area contributed by atoms with E-state index < -0.39 is 0 Å². The second kappa shape index (κ2) is 6.87. The van der Waals surface area contributed by atoms with Gasteiger partial charge in [0.25, 0.3) is 0 Å². The minimum absolute atomic E-state index is 0.00529. The van der Waals surface area contributed by atoms with E-state index >= 15 is 0 Å². The zero-order chi connectivity index (χ0) is 16.5. The number of hydrogen-bond acceptors (Lipinski definition) is 3. The molecule has 4 nitrogen and oxygen atoms in total. The average molecular weight is 346 g/mol. The number of hydrogen-bond donors (Lipinski definition) is 1. The number of nitrogens with one attached hydrogen (secondary N) is 1. The summed E-state index contributed by atoms with van der Waals surface area (Å²) < 4.78 is 0. The van der Waals surface area contributed by atoms with Crippen LogP contribution in [0.2, 0.25) is 0 Å². The van der Waals surface area contributed by atoms with Gasteiger partial charge in [-0.2, -0.15) is 0 Å². The third-order valence-electron chi connectivity index (χ3n) is 5.85. The molecule has 2 aliphatic carbocycles. The number of anilines is 1. The van der Waals surface area contributed by atoms with Crippen molar-refractivity contribution in [3.05, 3.63) is 16.3 Å². The molecule has 2 heterocycles. The SMILES string of the molecule is O=C(CN1C(=O)CCCc2sccc21)N[C@H]1C[C@H]1C1CCCCC1. The van der Waals surface area contributed by atoms with E-state index in [4.69, 9.17) is 0 Å². The summed E-state index contributed by atoms with van der Waals surface area (Å²) in [6.07, 6.45) is 10.3. The van der Waals surface area contributed by atoms with E-state index in [-0.39, 0.29) is 18.4 Å². The van der Waals surface area contributed by atoms with E-state index in [0.29, 0.717) is 18.4 Å². The molecule has 2 saturated carbocycles. The second-order valence-electron chi connectivity index (χ2n) is 7.53. The summed E-state index contributed by atoms with van der Waals surface area (Å²) in [4.78, 5) is 27.8. The van der Waals surface area contributed by atoms with Crippen LogP contribution in [0.5, 0.6) is 0 Å². The van der Waals surface area contributed by atoms with Gasteiger partial charge in [-0.1, -0.05) is 32.1 Å². The normalized spacial score (nSPS) is 27.5. The second-order valence-corrected chi connectivity index (χ2v) is 8.53. The highest BCUT2D eigenvalue weighted by Gasteiger charge is 2.44. The first-order valence-electron chi connectivity index (χ1n) is 9.38. The zero-order valence-corrected chi connectivity index (χ0v) is 14.9. The van der Waals surface area contributed by atoms with Crippen molar-refractivity contribution in [2.24, 2.45) is 11.8 Å². The van der Waals surface area contributed by atoms with E-state index in [1.807, 2.05) is 11.4 Å². The summed E-state index contributed by atoms with van der Waals surface area (Å²) >= 11 is 1.69. The first kappa shape index (κ1) is 16.1. The quantitative estimate of drug-likeness (QED) is 0.907. The Labute approximate surface area is 147 Å². The number of nitrogens with zero attached hydrogens (tertiary/aromatic N) is 1. The monoisotopic (exact) mass is 346 g/mol. The Hall–Kier alpha value is -1.36. The Morgan fingerprint density at radius 1 is 1.21 bits per heavy atom. The first-order valence-corrected chi connectivity index (χ1v) is 10.3.